The second-order valence-electron chi connectivity index (χ2n) is 7.18. The molecule has 2 unspecified atom stereocenters. The number of fused-ring (bicyclic) bond motifs is 2. The second-order valence-corrected chi connectivity index (χ2v) is 7.18. The van der Waals surface area contributed by atoms with Crippen LogP contribution < -0.4 is 4.74 Å². The summed E-state index contributed by atoms with van der Waals surface area (Å²) in [6.07, 6.45) is 3.14. The average Bonchev–Trinajstić information content (AvgIpc) is 2.93. The Bertz CT molecular complexity index is 807. The van der Waals surface area contributed by atoms with Crippen LogP contribution in [0.5, 0.6) is 5.75 Å². The van der Waals surface area contributed by atoms with E-state index in [1.807, 2.05) is 35.2 Å². The van der Waals surface area contributed by atoms with Crippen LogP contribution in [0.3, 0.4) is 0 Å². The summed E-state index contributed by atoms with van der Waals surface area (Å²) in [5, 5.41) is 8.39. The zero-order valence-electron chi connectivity index (χ0n) is 15.5. The van der Waals surface area contributed by atoms with Gasteiger partial charge in [0.25, 0.3) is 0 Å². The summed E-state index contributed by atoms with van der Waals surface area (Å²) in [5.74, 6) is 0.529. The van der Waals surface area contributed by atoms with E-state index in [0.717, 1.165) is 31.6 Å². The average molecular weight is 364 g/mol. The van der Waals surface area contributed by atoms with E-state index in [1.165, 1.54) is 6.42 Å². The summed E-state index contributed by atoms with van der Waals surface area (Å²) in [6, 6.07) is 17.7. The van der Waals surface area contributed by atoms with Crippen molar-refractivity contribution in [2.45, 2.75) is 31.3 Å². The van der Waals surface area contributed by atoms with Crippen molar-refractivity contribution >= 4 is 17.5 Å². The number of benzene rings is 2. The molecule has 2 fully saturated rings. The van der Waals surface area contributed by atoms with Crippen LogP contribution in [0.4, 0.5) is 16.2 Å². The molecule has 27 heavy (non-hydrogen) atoms. The number of hydrogen-bond donors (Lipinski definition) is 0. The summed E-state index contributed by atoms with van der Waals surface area (Å²) < 4.78 is 5.57. The first-order valence-corrected chi connectivity index (χ1v) is 9.44. The van der Waals surface area contributed by atoms with Gasteiger partial charge in [-0.05, 0) is 62.7 Å². The fourth-order valence-corrected chi connectivity index (χ4v) is 3.83. The number of carbonyl (C=O) groups excluding carboxylic acids is 1. The van der Waals surface area contributed by atoms with Crippen LogP contribution in [0.25, 0.3) is 0 Å². The highest BCUT2D eigenvalue weighted by atomic mass is 16.6. The summed E-state index contributed by atoms with van der Waals surface area (Å²) in [5.41, 5.74) is 1.51. The minimum Gasteiger partial charge on any atom is -0.410 e. The first-order chi connectivity index (χ1) is 13.2. The minimum absolute atomic E-state index is 0.269. The molecule has 140 valence electrons. The summed E-state index contributed by atoms with van der Waals surface area (Å²) >= 11 is 0. The van der Waals surface area contributed by atoms with E-state index >= 15 is 0 Å². The number of azo groups is 1. The van der Waals surface area contributed by atoms with E-state index in [4.69, 9.17) is 4.74 Å². The van der Waals surface area contributed by atoms with Gasteiger partial charge in [0.1, 0.15) is 5.75 Å². The third kappa shape index (κ3) is 4.17. The summed E-state index contributed by atoms with van der Waals surface area (Å²) in [4.78, 5) is 16.8. The molecule has 0 radical (unpaired) electrons. The Labute approximate surface area is 159 Å². The Morgan fingerprint density at radius 2 is 1.59 bits per heavy atom. The third-order valence-electron chi connectivity index (χ3n) is 5.49. The first-order valence-electron chi connectivity index (χ1n) is 9.44. The lowest BCUT2D eigenvalue weighted by Crippen LogP contribution is -2.41. The Balaban J connectivity index is 1.35. The van der Waals surface area contributed by atoms with Gasteiger partial charge in [-0.15, -0.1) is 0 Å². The van der Waals surface area contributed by atoms with Crippen LogP contribution in [0, 0.1) is 0 Å². The van der Waals surface area contributed by atoms with Gasteiger partial charge in [0.05, 0.1) is 11.4 Å². The number of amides is 1. The Kier molecular flexibility index (Phi) is 5.16. The highest BCUT2D eigenvalue weighted by molar-refractivity contribution is 5.71. The van der Waals surface area contributed by atoms with Gasteiger partial charge in [-0.25, -0.2) is 4.79 Å². The number of likely N-dealkylation sites (tertiary alicyclic amines) is 1. The molecule has 6 nitrogen and oxygen atoms in total. The number of rotatable bonds is 3. The molecule has 1 amide bonds. The number of likely N-dealkylation sites (N-methyl/N-ethyl adjacent to an activating group) is 1. The Morgan fingerprint density at radius 3 is 2.33 bits per heavy atom. The number of hydrogen-bond acceptors (Lipinski definition) is 5. The SMILES string of the molecule is CN1C2CCC1CN(C(=O)Oc1ccc(N=Nc3ccccc3)cc1)CC2. The van der Waals surface area contributed by atoms with Crippen LogP contribution >= 0.6 is 0 Å². The van der Waals surface area contributed by atoms with Crippen molar-refractivity contribution in [3.63, 3.8) is 0 Å². The Hall–Kier alpha value is -2.73. The molecule has 2 bridgehead atoms. The number of carbonyl (C=O) groups is 1. The van der Waals surface area contributed by atoms with Gasteiger partial charge in [-0.2, -0.15) is 10.2 Å². The van der Waals surface area contributed by atoms with E-state index in [9.17, 15) is 4.79 Å². The van der Waals surface area contributed by atoms with Crippen molar-refractivity contribution in [1.29, 1.82) is 0 Å². The number of ether oxygens (including phenoxy) is 1. The fraction of sp³-hybridized carbons (Fsp3) is 0.381. The van der Waals surface area contributed by atoms with Crippen LogP contribution in [0.1, 0.15) is 19.3 Å². The summed E-state index contributed by atoms with van der Waals surface area (Å²) in [6.45, 7) is 1.50. The maximum Gasteiger partial charge on any atom is 0.415 e. The van der Waals surface area contributed by atoms with Crippen molar-refractivity contribution < 1.29 is 9.53 Å². The zero-order chi connectivity index (χ0) is 18.6. The van der Waals surface area contributed by atoms with Crippen molar-refractivity contribution in [1.82, 2.24) is 9.80 Å². The van der Waals surface area contributed by atoms with Crippen molar-refractivity contribution in [3.8, 4) is 5.75 Å². The van der Waals surface area contributed by atoms with Crippen molar-refractivity contribution in [2.24, 2.45) is 10.2 Å². The zero-order valence-corrected chi connectivity index (χ0v) is 15.5. The predicted octanol–water partition coefficient (Wildman–Crippen LogP) is 4.77. The molecule has 0 N–H and O–H groups in total. The molecule has 2 aliphatic rings. The third-order valence-corrected chi connectivity index (χ3v) is 5.49. The van der Waals surface area contributed by atoms with Gasteiger partial charge in [0.2, 0.25) is 0 Å². The molecule has 4 rings (SSSR count). The molecule has 0 spiro atoms. The first kappa shape index (κ1) is 17.7. The fourth-order valence-electron chi connectivity index (χ4n) is 3.83. The van der Waals surface area contributed by atoms with E-state index in [1.54, 1.807) is 24.3 Å². The largest absolute Gasteiger partial charge is 0.415 e. The maximum atomic E-state index is 12.5. The molecular formula is C21H24N4O2. The van der Waals surface area contributed by atoms with Crippen LogP contribution in [-0.4, -0.2) is 48.1 Å². The maximum absolute atomic E-state index is 12.5. The lowest BCUT2D eigenvalue weighted by atomic mass is 10.1. The molecule has 0 aromatic heterocycles. The van der Waals surface area contributed by atoms with E-state index < -0.39 is 0 Å². The normalized spacial score (nSPS) is 22.8. The van der Waals surface area contributed by atoms with Crippen LogP contribution in [-0.2, 0) is 0 Å². The van der Waals surface area contributed by atoms with E-state index in [0.29, 0.717) is 23.5 Å². The summed E-state index contributed by atoms with van der Waals surface area (Å²) in [7, 11) is 2.17. The van der Waals surface area contributed by atoms with Crippen LogP contribution in [0.2, 0.25) is 0 Å². The predicted molar refractivity (Wildman–Crippen MR) is 104 cm³/mol. The van der Waals surface area contributed by atoms with Gasteiger partial charge < -0.3 is 9.64 Å². The van der Waals surface area contributed by atoms with Crippen LogP contribution in [0.15, 0.2) is 64.8 Å². The van der Waals surface area contributed by atoms with Gasteiger partial charge >= 0.3 is 6.09 Å². The lowest BCUT2D eigenvalue weighted by molar-refractivity contribution is 0.146. The van der Waals surface area contributed by atoms with Crippen molar-refractivity contribution in [3.05, 3.63) is 54.6 Å². The lowest BCUT2D eigenvalue weighted by Gasteiger charge is -2.25. The molecule has 2 saturated heterocycles. The quantitative estimate of drug-likeness (QED) is 0.737. The molecule has 2 atom stereocenters. The Morgan fingerprint density at radius 1 is 0.926 bits per heavy atom. The molecule has 2 aliphatic heterocycles. The van der Waals surface area contributed by atoms with Crippen molar-refractivity contribution in [2.75, 3.05) is 20.1 Å². The minimum atomic E-state index is -0.269. The van der Waals surface area contributed by atoms with Gasteiger partial charge in [0.15, 0.2) is 0 Å². The molecule has 0 saturated carbocycles. The monoisotopic (exact) mass is 364 g/mol. The van der Waals surface area contributed by atoms with Gasteiger partial charge in [-0.3, -0.25) is 4.90 Å². The molecule has 2 aromatic rings. The van der Waals surface area contributed by atoms with E-state index in [2.05, 4.69) is 22.2 Å². The molecule has 2 heterocycles. The second kappa shape index (κ2) is 7.88. The standard InChI is InChI=1S/C21H24N4O2/c1-24-18-9-10-19(24)15-25(14-13-18)21(26)27-20-11-7-17(8-12-20)23-22-16-5-3-2-4-6-16/h2-8,11-12,18-19H,9-10,13-15H2,1H3. The molecular weight excluding hydrogens is 340 g/mol. The van der Waals surface area contributed by atoms with E-state index in [-0.39, 0.29) is 6.09 Å². The number of nitrogens with zero attached hydrogens (tertiary/aromatic N) is 4. The highest BCUT2D eigenvalue weighted by Crippen LogP contribution is 2.29. The molecule has 2 aromatic carbocycles. The molecule has 0 aliphatic carbocycles. The van der Waals surface area contributed by atoms with Gasteiger partial charge in [0, 0.05) is 25.2 Å². The highest BCUT2D eigenvalue weighted by Gasteiger charge is 2.36. The molecule has 6 heteroatoms. The van der Waals surface area contributed by atoms with Gasteiger partial charge in [-0.1, -0.05) is 18.2 Å². The topological polar surface area (TPSA) is 57.5 Å². The smallest absolute Gasteiger partial charge is 0.410 e.